The Morgan fingerprint density at radius 3 is 2.27 bits per heavy atom. The topological polar surface area (TPSA) is 3.24 Å². The molecule has 218 valence electrons. The molecule has 1 spiro atoms. The van der Waals surface area contributed by atoms with Gasteiger partial charge in [-0.05, 0) is 89.1 Å². The van der Waals surface area contributed by atoms with Crippen molar-refractivity contribution in [1.82, 2.24) is 0 Å². The van der Waals surface area contributed by atoms with E-state index in [9.17, 15) is 0 Å². The molecular weight excluding hydrogens is 542 g/mol. The van der Waals surface area contributed by atoms with Crippen LogP contribution in [0.3, 0.4) is 0 Å². The Labute approximate surface area is 268 Å². The van der Waals surface area contributed by atoms with E-state index >= 15 is 0 Å². The normalized spacial score (nSPS) is 18.7. The largest absolute Gasteiger partial charge is 0.303 e. The summed E-state index contributed by atoms with van der Waals surface area (Å²) >= 11 is 0. The molecule has 0 radical (unpaired) electrons. The van der Waals surface area contributed by atoms with E-state index in [1.54, 1.807) is 6.08 Å². The van der Waals surface area contributed by atoms with Crippen LogP contribution in [0.25, 0.3) is 16.7 Å². The molecule has 0 fully saturated rings. The van der Waals surface area contributed by atoms with Crippen molar-refractivity contribution < 1.29 is 0 Å². The van der Waals surface area contributed by atoms with Gasteiger partial charge >= 0.3 is 0 Å². The second kappa shape index (κ2) is 13.0. The smallest absolute Gasteiger partial charge is 0.0966 e. The molecule has 1 unspecified atom stereocenters. The third-order valence-corrected chi connectivity index (χ3v) is 8.97. The first kappa shape index (κ1) is 29.5. The van der Waals surface area contributed by atoms with Crippen molar-refractivity contribution in [2.75, 3.05) is 4.90 Å². The van der Waals surface area contributed by atoms with E-state index in [-0.39, 0.29) is 5.41 Å². The van der Waals surface area contributed by atoms with Gasteiger partial charge in [0.25, 0.3) is 0 Å². The molecule has 2 aliphatic rings. The fourth-order valence-corrected chi connectivity index (χ4v) is 6.86. The molecule has 6 rings (SSSR count). The minimum absolute atomic E-state index is 0.341. The summed E-state index contributed by atoms with van der Waals surface area (Å²) in [6.07, 6.45) is 26.5. The van der Waals surface area contributed by atoms with Gasteiger partial charge < -0.3 is 4.90 Å². The standard InChI is InChI=1S/C44H37N/c1-5-8-22-40-33(4)44(42-24-16-15-23-41(40)42)31-17-10-9-12-21-36-27-30-39(32-43(36)44)45(37(7-3)18-6-2)38-28-25-35(26-29-38)34-19-13-11-14-20-34/h3,5-6,8-20,22-30,32H,1-2,21,31H2,4H3/b12-9-,17-10-,22-8-,37-18+. The summed E-state index contributed by atoms with van der Waals surface area (Å²) in [5.41, 5.74) is 12.5. The Hall–Kier alpha value is -5.58. The zero-order valence-corrected chi connectivity index (χ0v) is 25.8. The van der Waals surface area contributed by atoms with Crippen molar-refractivity contribution in [1.29, 1.82) is 0 Å². The molecule has 0 aliphatic heterocycles. The van der Waals surface area contributed by atoms with Crippen molar-refractivity contribution in [2.45, 2.75) is 25.2 Å². The van der Waals surface area contributed by atoms with Gasteiger partial charge in [-0.2, -0.15) is 0 Å². The molecule has 1 heteroatoms. The third-order valence-electron chi connectivity index (χ3n) is 8.97. The van der Waals surface area contributed by atoms with E-state index < -0.39 is 0 Å². The highest BCUT2D eigenvalue weighted by atomic mass is 15.1. The summed E-state index contributed by atoms with van der Waals surface area (Å²) in [5.74, 6) is 2.94. The van der Waals surface area contributed by atoms with Gasteiger partial charge in [0.05, 0.1) is 5.70 Å². The van der Waals surface area contributed by atoms with Gasteiger partial charge in [-0.25, -0.2) is 0 Å². The Balaban J connectivity index is 1.58. The zero-order chi connectivity index (χ0) is 31.2. The monoisotopic (exact) mass is 579 g/mol. The average molecular weight is 580 g/mol. The summed E-state index contributed by atoms with van der Waals surface area (Å²) in [6, 6.07) is 34.7. The Bertz CT molecular complexity index is 1940. The molecule has 0 N–H and O–H groups in total. The summed E-state index contributed by atoms with van der Waals surface area (Å²) in [5, 5.41) is 0. The van der Waals surface area contributed by atoms with Gasteiger partial charge in [0, 0.05) is 16.8 Å². The number of anilines is 2. The number of benzene rings is 4. The maximum absolute atomic E-state index is 6.18. The fraction of sp³-hybridized carbons (Fsp3) is 0.0909. The molecule has 0 saturated heterocycles. The summed E-state index contributed by atoms with van der Waals surface area (Å²) in [7, 11) is 0. The van der Waals surface area contributed by atoms with Gasteiger partial charge in [-0.1, -0.05) is 146 Å². The fourth-order valence-electron chi connectivity index (χ4n) is 6.86. The first-order valence-corrected chi connectivity index (χ1v) is 15.4. The molecule has 0 saturated carbocycles. The van der Waals surface area contributed by atoms with E-state index in [1.807, 2.05) is 24.3 Å². The average Bonchev–Trinajstić information content (AvgIpc) is 3.37. The lowest BCUT2D eigenvalue weighted by Gasteiger charge is -2.36. The van der Waals surface area contributed by atoms with E-state index in [0.29, 0.717) is 0 Å². The van der Waals surface area contributed by atoms with Crippen molar-refractivity contribution in [2.24, 2.45) is 0 Å². The summed E-state index contributed by atoms with van der Waals surface area (Å²) in [6.45, 7) is 10.2. The van der Waals surface area contributed by atoms with Crippen molar-refractivity contribution in [3.63, 3.8) is 0 Å². The van der Waals surface area contributed by atoms with E-state index in [4.69, 9.17) is 6.42 Å². The van der Waals surface area contributed by atoms with Gasteiger partial charge in [0.15, 0.2) is 0 Å². The van der Waals surface area contributed by atoms with E-state index in [2.05, 4.69) is 152 Å². The molecule has 4 aromatic rings. The lowest BCUT2D eigenvalue weighted by atomic mass is 9.68. The Kier molecular flexibility index (Phi) is 8.50. The minimum atomic E-state index is -0.341. The van der Waals surface area contributed by atoms with Crippen LogP contribution < -0.4 is 4.90 Å². The number of rotatable bonds is 7. The van der Waals surface area contributed by atoms with Gasteiger partial charge in [-0.15, -0.1) is 6.42 Å². The van der Waals surface area contributed by atoms with Crippen molar-refractivity contribution in [3.8, 4) is 23.5 Å². The number of allylic oxidation sites excluding steroid dienone is 12. The summed E-state index contributed by atoms with van der Waals surface area (Å²) < 4.78 is 0. The second-order valence-electron chi connectivity index (χ2n) is 11.4. The summed E-state index contributed by atoms with van der Waals surface area (Å²) in [4.78, 5) is 2.17. The highest BCUT2D eigenvalue weighted by Crippen LogP contribution is 2.55. The molecule has 1 atom stereocenters. The number of terminal acetylenes is 1. The van der Waals surface area contributed by atoms with Crippen LogP contribution in [0.1, 0.15) is 35.6 Å². The van der Waals surface area contributed by atoms with Gasteiger partial charge in [0.2, 0.25) is 0 Å². The lowest BCUT2D eigenvalue weighted by molar-refractivity contribution is 0.620. The second-order valence-corrected chi connectivity index (χ2v) is 11.4. The van der Waals surface area contributed by atoms with Crippen LogP contribution in [-0.4, -0.2) is 0 Å². The highest BCUT2D eigenvalue weighted by molar-refractivity contribution is 5.88. The van der Waals surface area contributed by atoms with E-state index in [1.165, 1.54) is 39.0 Å². The molecule has 0 amide bonds. The van der Waals surface area contributed by atoms with Crippen LogP contribution in [0.4, 0.5) is 11.4 Å². The number of hydrogen-bond donors (Lipinski definition) is 0. The molecule has 4 aromatic carbocycles. The van der Waals surface area contributed by atoms with Gasteiger partial charge in [0.1, 0.15) is 0 Å². The van der Waals surface area contributed by atoms with Gasteiger partial charge in [-0.3, -0.25) is 0 Å². The third kappa shape index (κ3) is 5.37. The maximum atomic E-state index is 6.18. The number of nitrogens with zero attached hydrogens (tertiary/aromatic N) is 1. The van der Waals surface area contributed by atoms with Crippen LogP contribution >= 0.6 is 0 Å². The predicted octanol–water partition coefficient (Wildman–Crippen LogP) is 11.1. The SMILES string of the molecule is C#C/C(=C\C=C)N(c1ccc(-c2ccccc2)cc1)c1ccc2c(c1)C1(C/C=C\C=C/C2)C(C)=C(/C=C\C=C)c2ccccc21. The van der Waals surface area contributed by atoms with Crippen LogP contribution in [0, 0.1) is 12.3 Å². The quantitative estimate of drug-likeness (QED) is 0.155. The van der Waals surface area contributed by atoms with Crippen LogP contribution in [0.5, 0.6) is 0 Å². The number of fused-ring (bicyclic) bond motifs is 4. The first-order chi connectivity index (χ1) is 22.1. The number of hydrogen-bond acceptors (Lipinski definition) is 1. The Morgan fingerprint density at radius 1 is 0.800 bits per heavy atom. The van der Waals surface area contributed by atoms with E-state index in [0.717, 1.165) is 35.5 Å². The minimum Gasteiger partial charge on any atom is -0.303 e. The van der Waals surface area contributed by atoms with Crippen molar-refractivity contribution in [3.05, 3.63) is 198 Å². The molecule has 1 nitrogen and oxygen atoms in total. The highest BCUT2D eigenvalue weighted by Gasteiger charge is 2.44. The lowest BCUT2D eigenvalue weighted by Crippen LogP contribution is -2.29. The van der Waals surface area contributed by atoms with Crippen LogP contribution in [0.2, 0.25) is 0 Å². The zero-order valence-electron chi connectivity index (χ0n) is 25.8. The molecule has 2 aliphatic carbocycles. The molecular formula is C44H37N. The first-order valence-electron chi connectivity index (χ1n) is 15.4. The molecule has 0 aromatic heterocycles. The molecule has 0 heterocycles. The molecule has 0 bridgehead atoms. The van der Waals surface area contributed by atoms with Crippen molar-refractivity contribution >= 4 is 16.9 Å². The Morgan fingerprint density at radius 2 is 1.51 bits per heavy atom. The van der Waals surface area contributed by atoms with Crippen LogP contribution in [-0.2, 0) is 11.8 Å². The van der Waals surface area contributed by atoms with Crippen LogP contribution in [0.15, 0.2) is 176 Å². The maximum Gasteiger partial charge on any atom is 0.0966 e. The predicted molar refractivity (Wildman–Crippen MR) is 193 cm³/mol. The molecule has 45 heavy (non-hydrogen) atoms.